The van der Waals surface area contributed by atoms with Crippen molar-refractivity contribution < 1.29 is 24.2 Å². The van der Waals surface area contributed by atoms with Gasteiger partial charge in [0.2, 0.25) is 0 Å². The lowest BCUT2D eigenvalue weighted by Crippen LogP contribution is -2.41. The van der Waals surface area contributed by atoms with Crippen LogP contribution in [-0.2, 0) is 19.1 Å². The van der Waals surface area contributed by atoms with Gasteiger partial charge in [-0.15, -0.1) is 0 Å². The number of esters is 2. The van der Waals surface area contributed by atoms with Crippen molar-refractivity contribution in [2.24, 2.45) is 23.7 Å². The van der Waals surface area contributed by atoms with Gasteiger partial charge in [0.25, 0.3) is 0 Å². The molecule has 3 aliphatic rings. The average molecular weight is 433 g/mol. The van der Waals surface area contributed by atoms with Gasteiger partial charge < -0.3 is 14.6 Å². The maximum atomic E-state index is 13.0. The number of hydrogen-bond donors (Lipinski definition) is 1. The van der Waals surface area contributed by atoms with Crippen LogP contribution in [0.25, 0.3) is 0 Å². The van der Waals surface area contributed by atoms with Gasteiger partial charge in [-0.05, 0) is 55.9 Å². The number of aliphatic hydroxyl groups is 1. The smallest absolute Gasteiger partial charge is 0.309 e. The fourth-order valence-corrected chi connectivity index (χ4v) is 5.79. The second kappa shape index (κ2) is 11.3. The summed E-state index contributed by atoms with van der Waals surface area (Å²) < 4.78 is 11.7. The molecule has 5 nitrogen and oxygen atoms in total. The van der Waals surface area contributed by atoms with Gasteiger partial charge in [0.1, 0.15) is 12.2 Å². The first-order valence-corrected chi connectivity index (χ1v) is 12.4. The van der Waals surface area contributed by atoms with E-state index in [2.05, 4.69) is 39.0 Å². The van der Waals surface area contributed by atoms with E-state index in [1.807, 2.05) is 0 Å². The molecule has 0 spiro atoms. The molecule has 1 fully saturated rings. The highest BCUT2D eigenvalue weighted by atomic mass is 16.5. The van der Waals surface area contributed by atoms with E-state index in [0.717, 1.165) is 51.4 Å². The summed E-state index contributed by atoms with van der Waals surface area (Å²) in [6, 6.07) is 0. The molecule has 6 atom stereocenters. The van der Waals surface area contributed by atoms with Crippen molar-refractivity contribution in [2.75, 3.05) is 0 Å². The van der Waals surface area contributed by atoms with Crippen LogP contribution in [0.4, 0.5) is 0 Å². The highest BCUT2D eigenvalue weighted by Gasteiger charge is 2.41. The number of fused-ring (bicyclic) bond motifs is 1. The Kier molecular flexibility index (Phi) is 8.76. The Morgan fingerprint density at radius 1 is 1.29 bits per heavy atom. The van der Waals surface area contributed by atoms with Crippen molar-refractivity contribution in [3.05, 3.63) is 23.8 Å². The van der Waals surface area contributed by atoms with Crippen LogP contribution in [0.2, 0.25) is 0 Å². The zero-order chi connectivity index (χ0) is 22.4. The molecule has 3 rings (SSSR count). The minimum Gasteiger partial charge on any atom is -0.462 e. The lowest BCUT2D eigenvalue weighted by atomic mass is 9.66. The molecule has 31 heavy (non-hydrogen) atoms. The Morgan fingerprint density at radius 2 is 2.03 bits per heavy atom. The summed E-state index contributed by atoms with van der Waals surface area (Å²) >= 11 is 0. The Balaban J connectivity index is 1.70. The second-order valence-electron chi connectivity index (χ2n) is 9.78. The lowest BCUT2D eigenvalue weighted by Gasteiger charge is -2.42. The molecule has 5 heteroatoms. The van der Waals surface area contributed by atoms with Gasteiger partial charge in [-0.25, -0.2) is 0 Å². The SMILES string of the molecule is CCCC(CCC)C(=O)O[C@H]1CCC=C2C=CC[C@@H]([C@@H](C)C[C@@H]3C[C@@H](O)CC(=O)O3)[C@H]21. The maximum absolute atomic E-state index is 13.0. The Labute approximate surface area is 187 Å². The molecule has 1 heterocycles. The minimum atomic E-state index is -0.599. The lowest BCUT2D eigenvalue weighted by molar-refractivity contribution is -0.163. The molecule has 0 bridgehead atoms. The zero-order valence-electron chi connectivity index (χ0n) is 19.4. The molecular formula is C26H40O5. The standard InChI is InChI=1S/C26H40O5/c1-4-8-19(9-5-2)26(29)31-23-13-7-11-18-10-6-12-22(25(18)23)17(3)14-21-15-20(27)16-24(28)30-21/h6,10-11,17,19-23,25,27H,4-5,7-9,12-16H2,1-3H3/t17-,20+,21+,22-,23-,25-/m0/s1. The van der Waals surface area contributed by atoms with E-state index in [1.165, 1.54) is 5.57 Å². The number of hydrogen-bond acceptors (Lipinski definition) is 5. The van der Waals surface area contributed by atoms with Crippen LogP contribution in [0.15, 0.2) is 23.8 Å². The van der Waals surface area contributed by atoms with Crippen molar-refractivity contribution in [1.82, 2.24) is 0 Å². The van der Waals surface area contributed by atoms with E-state index >= 15 is 0 Å². The predicted molar refractivity (Wildman–Crippen MR) is 120 cm³/mol. The Hall–Kier alpha value is -1.62. The van der Waals surface area contributed by atoms with Crippen molar-refractivity contribution in [3.8, 4) is 0 Å². The molecule has 1 aliphatic heterocycles. The van der Waals surface area contributed by atoms with Crippen LogP contribution >= 0.6 is 0 Å². The topological polar surface area (TPSA) is 72.8 Å². The molecule has 0 aromatic carbocycles. The molecule has 0 unspecified atom stereocenters. The first-order chi connectivity index (χ1) is 14.9. The van der Waals surface area contributed by atoms with E-state index in [4.69, 9.17) is 9.47 Å². The Morgan fingerprint density at radius 3 is 2.71 bits per heavy atom. The third-order valence-corrected chi connectivity index (χ3v) is 7.27. The molecule has 0 aromatic rings. The second-order valence-corrected chi connectivity index (χ2v) is 9.78. The fourth-order valence-electron chi connectivity index (χ4n) is 5.79. The predicted octanol–water partition coefficient (Wildman–Crippen LogP) is 5.12. The summed E-state index contributed by atoms with van der Waals surface area (Å²) in [7, 11) is 0. The minimum absolute atomic E-state index is 0.00232. The largest absolute Gasteiger partial charge is 0.462 e. The zero-order valence-corrected chi connectivity index (χ0v) is 19.4. The van der Waals surface area contributed by atoms with E-state index in [0.29, 0.717) is 18.3 Å². The van der Waals surface area contributed by atoms with Gasteiger partial charge >= 0.3 is 11.9 Å². The van der Waals surface area contributed by atoms with Crippen molar-refractivity contribution in [2.45, 2.75) is 103 Å². The van der Waals surface area contributed by atoms with Crippen molar-refractivity contribution in [1.29, 1.82) is 0 Å². The monoisotopic (exact) mass is 432 g/mol. The Bertz CT molecular complexity index is 675. The first kappa shape index (κ1) is 24.0. The van der Waals surface area contributed by atoms with E-state index in [-0.39, 0.29) is 42.4 Å². The highest BCUT2D eigenvalue weighted by Crippen LogP contribution is 2.44. The maximum Gasteiger partial charge on any atom is 0.309 e. The summed E-state index contributed by atoms with van der Waals surface area (Å²) in [6.07, 6.45) is 13.7. The summed E-state index contributed by atoms with van der Waals surface area (Å²) in [4.78, 5) is 24.7. The molecule has 1 saturated heterocycles. The number of carbonyl (C=O) groups is 2. The first-order valence-electron chi connectivity index (χ1n) is 12.4. The van der Waals surface area contributed by atoms with E-state index in [1.54, 1.807) is 0 Å². The fraction of sp³-hybridized carbons (Fsp3) is 0.769. The molecular weight excluding hydrogens is 392 g/mol. The average Bonchev–Trinajstić information content (AvgIpc) is 2.72. The van der Waals surface area contributed by atoms with Gasteiger partial charge in [-0.3, -0.25) is 9.59 Å². The van der Waals surface area contributed by atoms with E-state index in [9.17, 15) is 14.7 Å². The number of allylic oxidation sites excluding steroid dienone is 3. The molecule has 174 valence electrons. The summed E-state index contributed by atoms with van der Waals surface area (Å²) in [5, 5.41) is 9.96. The van der Waals surface area contributed by atoms with Gasteiger partial charge in [0.05, 0.1) is 18.4 Å². The summed E-state index contributed by atoms with van der Waals surface area (Å²) in [5.74, 6) is 0.502. The van der Waals surface area contributed by atoms with Crippen molar-refractivity contribution >= 4 is 11.9 Å². The highest BCUT2D eigenvalue weighted by molar-refractivity contribution is 5.72. The number of aliphatic hydroxyl groups excluding tert-OH is 1. The van der Waals surface area contributed by atoms with Gasteiger partial charge in [0, 0.05) is 12.3 Å². The molecule has 0 aromatic heterocycles. The van der Waals surface area contributed by atoms with Gasteiger partial charge in [-0.2, -0.15) is 0 Å². The number of carbonyl (C=O) groups excluding carboxylic acids is 2. The molecule has 2 aliphatic carbocycles. The number of rotatable bonds is 9. The molecule has 0 radical (unpaired) electrons. The van der Waals surface area contributed by atoms with Crippen LogP contribution in [0.3, 0.4) is 0 Å². The third-order valence-electron chi connectivity index (χ3n) is 7.27. The van der Waals surface area contributed by atoms with Crippen LogP contribution in [-0.4, -0.2) is 35.4 Å². The molecule has 0 saturated carbocycles. The van der Waals surface area contributed by atoms with Crippen LogP contribution in [0.1, 0.15) is 85.0 Å². The van der Waals surface area contributed by atoms with Gasteiger partial charge in [0.15, 0.2) is 0 Å². The van der Waals surface area contributed by atoms with Gasteiger partial charge in [-0.1, -0.05) is 51.8 Å². The van der Waals surface area contributed by atoms with E-state index < -0.39 is 6.10 Å². The third kappa shape index (κ3) is 6.21. The van der Waals surface area contributed by atoms with Crippen LogP contribution in [0.5, 0.6) is 0 Å². The molecule has 0 amide bonds. The number of cyclic esters (lactones) is 1. The molecule has 1 N–H and O–H groups in total. The normalized spacial score (nSPS) is 31.6. The number of ether oxygens (including phenoxy) is 2. The quantitative estimate of drug-likeness (QED) is 0.512. The summed E-state index contributed by atoms with van der Waals surface area (Å²) in [5.41, 5.74) is 1.29. The summed E-state index contributed by atoms with van der Waals surface area (Å²) in [6.45, 7) is 6.45. The van der Waals surface area contributed by atoms with Crippen molar-refractivity contribution in [3.63, 3.8) is 0 Å². The van der Waals surface area contributed by atoms with Crippen LogP contribution < -0.4 is 0 Å². The van der Waals surface area contributed by atoms with Crippen LogP contribution in [0, 0.1) is 23.7 Å².